The lowest BCUT2D eigenvalue weighted by atomic mass is 9.87. The van der Waals surface area contributed by atoms with Crippen molar-refractivity contribution in [2.75, 3.05) is 18.4 Å². The molecular formula is C18H24ClN5O2. The van der Waals surface area contributed by atoms with Crippen molar-refractivity contribution in [1.82, 2.24) is 20.4 Å². The predicted octanol–water partition coefficient (Wildman–Crippen LogP) is 1.53. The number of piperidine rings is 1. The van der Waals surface area contributed by atoms with Crippen molar-refractivity contribution in [2.45, 2.75) is 31.3 Å². The van der Waals surface area contributed by atoms with Crippen LogP contribution in [-0.4, -0.2) is 40.7 Å². The third-order valence-corrected chi connectivity index (χ3v) is 4.58. The molecule has 2 aromatic rings. The van der Waals surface area contributed by atoms with Gasteiger partial charge in [-0.3, -0.25) is 14.3 Å². The Morgan fingerprint density at radius 3 is 2.50 bits per heavy atom. The minimum atomic E-state index is -0.754. The lowest BCUT2D eigenvalue weighted by molar-refractivity contribution is -0.134. The van der Waals surface area contributed by atoms with Crippen LogP contribution in [-0.2, 0) is 15.1 Å². The molecule has 0 spiro atoms. The summed E-state index contributed by atoms with van der Waals surface area (Å²) in [5.41, 5.74) is -0.0481. The Kier molecular flexibility index (Phi) is 6.76. The van der Waals surface area contributed by atoms with Crippen molar-refractivity contribution >= 4 is 29.9 Å². The van der Waals surface area contributed by atoms with Crippen LogP contribution in [0.5, 0.6) is 0 Å². The van der Waals surface area contributed by atoms with Crippen LogP contribution in [0.3, 0.4) is 0 Å². The van der Waals surface area contributed by atoms with E-state index < -0.39 is 11.6 Å². The van der Waals surface area contributed by atoms with Gasteiger partial charge in [-0.1, -0.05) is 18.2 Å². The second-order valence-electron chi connectivity index (χ2n) is 6.28. The highest BCUT2D eigenvalue weighted by Crippen LogP contribution is 2.27. The number of anilines is 1. The van der Waals surface area contributed by atoms with Crippen LogP contribution in [0.4, 0.5) is 5.69 Å². The minimum absolute atomic E-state index is 0. The maximum absolute atomic E-state index is 13.0. The average molecular weight is 378 g/mol. The van der Waals surface area contributed by atoms with E-state index in [1.807, 2.05) is 36.4 Å². The number of carbonyl (C=O) groups is 2. The van der Waals surface area contributed by atoms with Gasteiger partial charge in [0, 0.05) is 18.1 Å². The molecule has 0 radical (unpaired) electrons. The lowest BCUT2D eigenvalue weighted by Crippen LogP contribution is -2.57. The van der Waals surface area contributed by atoms with E-state index in [9.17, 15) is 9.59 Å². The van der Waals surface area contributed by atoms with Crippen molar-refractivity contribution in [3.63, 3.8) is 0 Å². The standard InChI is InChI=1S/C18H23N5O2.ClH/c1-14(16(24)22-15-6-3-2-4-7-15)21-17(25)18(8-11-19-12-9-18)23-13-5-10-20-23;/h2-7,10,13-14,19H,8-9,11-12H2,1H3,(H,21,25)(H,22,24);1H. The highest BCUT2D eigenvalue weighted by molar-refractivity contribution is 5.98. The first-order chi connectivity index (χ1) is 12.1. The van der Waals surface area contributed by atoms with E-state index in [0.717, 1.165) is 13.1 Å². The second kappa shape index (κ2) is 8.82. The number of nitrogens with one attached hydrogen (secondary N) is 3. The van der Waals surface area contributed by atoms with Crippen LogP contribution in [0, 0.1) is 0 Å². The van der Waals surface area contributed by atoms with Crippen LogP contribution in [0.15, 0.2) is 48.8 Å². The molecule has 0 bridgehead atoms. The molecule has 140 valence electrons. The van der Waals surface area contributed by atoms with E-state index >= 15 is 0 Å². The Morgan fingerprint density at radius 1 is 1.19 bits per heavy atom. The quantitative estimate of drug-likeness (QED) is 0.737. The van der Waals surface area contributed by atoms with Crippen molar-refractivity contribution in [3.05, 3.63) is 48.8 Å². The van der Waals surface area contributed by atoms with Crippen molar-refractivity contribution in [2.24, 2.45) is 0 Å². The highest BCUT2D eigenvalue weighted by atomic mass is 35.5. The predicted molar refractivity (Wildman–Crippen MR) is 102 cm³/mol. The Labute approximate surface area is 159 Å². The molecular weight excluding hydrogens is 354 g/mol. The Bertz CT molecular complexity index is 714. The summed E-state index contributed by atoms with van der Waals surface area (Å²) in [5.74, 6) is -0.419. The summed E-state index contributed by atoms with van der Waals surface area (Å²) in [7, 11) is 0. The topological polar surface area (TPSA) is 88.1 Å². The molecule has 7 nitrogen and oxygen atoms in total. The molecule has 1 atom stereocenters. The summed E-state index contributed by atoms with van der Waals surface area (Å²) in [4.78, 5) is 25.4. The number of benzene rings is 1. The van der Waals surface area contributed by atoms with E-state index in [-0.39, 0.29) is 24.2 Å². The maximum atomic E-state index is 13.0. The molecule has 26 heavy (non-hydrogen) atoms. The number of halogens is 1. The van der Waals surface area contributed by atoms with Crippen LogP contribution >= 0.6 is 12.4 Å². The SMILES string of the molecule is CC(NC(=O)C1(n2cccn2)CCNCC1)C(=O)Nc1ccccc1.Cl. The van der Waals surface area contributed by atoms with Crippen molar-refractivity contribution in [3.8, 4) is 0 Å². The van der Waals surface area contributed by atoms with E-state index in [0.29, 0.717) is 18.5 Å². The van der Waals surface area contributed by atoms with Gasteiger partial charge < -0.3 is 16.0 Å². The Morgan fingerprint density at radius 2 is 1.88 bits per heavy atom. The first-order valence-electron chi connectivity index (χ1n) is 8.49. The zero-order chi connectivity index (χ0) is 17.7. The number of carbonyl (C=O) groups excluding carboxylic acids is 2. The van der Waals surface area contributed by atoms with E-state index in [1.54, 1.807) is 24.0 Å². The summed E-state index contributed by atoms with van der Waals surface area (Å²) >= 11 is 0. The molecule has 1 unspecified atom stereocenters. The summed E-state index contributed by atoms with van der Waals surface area (Å²) in [6, 6.07) is 10.4. The maximum Gasteiger partial charge on any atom is 0.248 e. The minimum Gasteiger partial charge on any atom is -0.342 e. The Hall–Kier alpha value is -2.38. The largest absolute Gasteiger partial charge is 0.342 e. The van der Waals surface area contributed by atoms with Crippen LogP contribution in [0.1, 0.15) is 19.8 Å². The monoisotopic (exact) mass is 377 g/mol. The lowest BCUT2D eigenvalue weighted by Gasteiger charge is -2.37. The second-order valence-corrected chi connectivity index (χ2v) is 6.28. The fourth-order valence-electron chi connectivity index (χ4n) is 3.09. The van der Waals surface area contributed by atoms with Gasteiger partial charge in [-0.25, -0.2) is 0 Å². The van der Waals surface area contributed by atoms with E-state index in [4.69, 9.17) is 0 Å². The number of para-hydroxylation sites is 1. The van der Waals surface area contributed by atoms with Crippen LogP contribution < -0.4 is 16.0 Å². The summed E-state index contributed by atoms with van der Waals surface area (Å²) in [6.07, 6.45) is 4.74. The molecule has 2 amide bonds. The molecule has 8 heteroatoms. The molecule has 1 aromatic carbocycles. The smallest absolute Gasteiger partial charge is 0.248 e. The van der Waals surface area contributed by atoms with E-state index in [1.165, 1.54) is 0 Å². The highest BCUT2D eigenvalue weighted by Gasteiger charge is 2.42. The molecule has 2 heterocycles. The first-order valence-corrected chi connectivity index (χ1v) is 8.49. The van der Waals surface area contributed by atoms with Gasteiger partial charge in [-0.15, -0.1) is 12.4 Å². The van der Waals surface area contributed by atoms with E-state index in [2.05, 4.69) is 21.0 Å². The average Bonchev–Trinajstić information content (AvgIpc) is 3.18. The number of hydrogen-bond donors (Lipinski definition) is 3. The molecule has 1 aromatic heterocycles. The van der Waals surface area contributed by atoms with Gasteiger partial charge in [0.25, 0.3) is 0 Å². The molecule has 0 saturated carbocycles. The van der Waals surface area contributed by atoms with Crippen LogP contribution in [0.2, 0.25) is 0 Å². The molecule has 1 fully saturated rings. The van der Waals surface area contributed by atoms with Gasteiger partial charge in [0.05, 0.1) is 0 Å². The Balaban J connectivity index is 0.00000243. The van der Waals surface area contributed by atoms with Gasteiger partial charge in [0.1, 0.15) is 11.6 Å². The molecule has 3 N–H and O–H groups in total. The number of aromatic nitrogens is 2. The zero-order valence-electron chi connectivity index (χ0n) is 14.6. The number of hydrogen-bond acceptors (Lipinski definition) is 4. The first kappa shape index (κ1) is 19.9. The fourth-order valence-corrected chi connectivity index (χ4v) is 3.09. The summed E-state index contributed by atoms with van der Waals surface area (Å²) in [6.45, 7) is 3.16. The number of amides is 2. The van der Waals surface area contributed by atoms with Crippen LogP contribution in [0.25, 0.3) is 0 Å². The van der Waals surface area contributed by atoms with Gasteiger partial charge in [0.15, 0.2) is 0 Å². The van der Waals surface area contributed by atoms with Crippen molar-refractivity contribution < 1.29 is 9.59 Å². The normalized spacial score (nSPS) is 16.8. The summed E-state index contributed by atoms with van der Waals surface area (Å²) in [5, 5.41) is 13.2. The number of nitrogens with zero attached hydrogens (tertiary/aromatic N) is 2. The summed E-state index contributed by atoms with van der Waals surface area (Å²) < 4.78 is 1.71. The molecule has 1 aliphatic rings. The van der Waals surface area contributed by atoms with Gasteiger partial charge in [-0.2, -0.15) is 5.10 Å². The number of rotatable bonds is 5. The van der Waals surface area contributed by atoms with Gasteiger partial charge in [-0.05, 0) is 51.1 Å². The molecule has 1 aliphatic heterocycles. The molecule has 1 saturated heterocycles. The third kappa shape index (κ3) is 4.23. The molecule has 3 rings (SSSR count). The fraction of sp³-hybridized carbons (Fsp3) is 0.389. The van der Waals surface area contributed by atoms with Crippen molar-refractivity contribution in [1.29, 1.82) is 0 Å². The third-order valence-electron chi connectivity index (χ3n) is 4.58. The van der Waals surface area contributed by atoms with Gasteiger partial charge >= 0.3 is 0 Å². The zero-order valence-corrected chi connectivity index (χ0v) is 15.5. The van der Waals surface area contributed by atoms with Gasteiger partial charge in [0.2, 0.25) is 11.8 Å². The molecule has 0 aliphatic carbocycles.